The molecule has 0 amide bonds. The number of aliphatic hydroxyl groups is 1. The number of rotatable bonds is 0. The molecule has 1 aliphatic heterocycles. The number of fused-ring (bicyclic) bond motifs is 3. The second-order valence-electron chi connectivity index (χ2n) is 7.08. The van der Waals surface area contributed by atoms with Gasteiger partial charge in [0.1, 0.15) is 0 Å². The Balaban J connectivity index is 2.15. The molecule has 2 aliphatic carbocycles. The summed E-state index contributed by atoms with van der Waals surface area (Å²) in [6, 6.07) is 0. The van der Waals surface area contributed by atoms with Gasteiger partial charge in [-0.05, 0) is 29.7 Å². The molecule has 104 valence electrons. The Morgan fingerprint density at radius 1 is 1.26 bits per heavy atom. The molecule has 1 saturated carbocycles. The summed E-state index contributed by atoms with van der Waals surface area (Å²) in [6.07, 6.45) is 3.77. The van der Waals surface area contributed by atoms with Gasteiger partial charge in [-0.25, -0.2) is 4.79 Å². The van der Waals surface area contributed by atoms with Crippen LogP contribution in [0.2, 0.25) is 0 Å². The smallest absolute Gasteiger partial charge is 0.342 e. The molecular weight excluding hydrogens is 244 g/mol. The molecule has 0 aromatic heterocycles. The van der Waals surface area contributed by atoms with E-state index in [1.165, 1.54) is 0 Å². The molecule has 3 rings (SSSR count). The Labute approximate surface area is 112 Å². The lowest BCUT2D eigenvalue weighted by Crippen LogP contribution is -2.55. The molecule has 1 N–H and O–H groups in total. The van der Waals surface area contributed by atoms with Crippen molar-refractivity contribution in [2.45, 2.75) is 46.1 Å². The quantitative estimate of drug-likeness (QED) is 0.535. The fourth-order valence-electron chi connectivity index (χ4n) is 4.83. The van der Waals surface area contributed by atoms with Gasteiger partial charge in [0, 0.05) is 5.92 Å². The summed E-state index contributed by atoms with van der Waals surface area (Å²) >= 11 is 0. The largest absolute Gasteiger partial charge is 0.389 e. The fourth-order valence-corrected chi connectivity index (χ4v) is 4.83. The van der Waals surface area contributed by atoms with Gasteiger partial charge in [0.05, 0.1) is 17.6 Å². The highest BCUT2D eigenvalue weighted by Crippen LogP contribution is 2.61. The van der Waals surface area contributed by atoms with Crippen molar-refractivity contribution < 1.29 is 19.4 Å². The van der Waals surface area contributed by atoms with Gasteiger partial charge in [0.15, 0.2) is 0 Å². The summed E-state index contributed by atoms with van der Waals surface area (Å²) in [5.74, 6) is -1.51. The first-order valence-corrected chi connectivity index (χ1v) is 6.93. The third-order valence-electron chi connectivity index (χ3n) is 5.42. The summed E-state index contributed by atoms with van der Waals surface area (Å²) in [5.41, 5.74) is -0.0524. The van der Waals surface area contributed by atoms with Crippen LogP contribution in [0.3, 0.4) is 0 Å². The van der Waals surface area contributed by atoms with Crippen molar-refractivity contribution in [3.05, 3.63) is 11.6 Å². The Hall–Kier alpha value is -1.16. The Kier molecular flexibility index (Phi) is 2.50. The number of esters is 2. The lowest BCUT2D eigenvalue weighted by atomic mass is 9.48. The first kappa shape index (κ1) is 12.9. The van der Waals surface area contributed by atoms with Crippen LogP contribution in [0.1, 0.15) is 40.0 Å². The maximum Gasteiger partial charge on any atom is 0.342 e. The molecule has 0 aromatic carbocycles. The first-order chi connectivity index (χ1) is 8.77. The summed E-state index contributed by atoms with van der Waals surface area (Å²) in [5, 5.41) is 10.5. The zero-order valence-electron chi connectivity index (χ0n) is 11.6. The highest BCUT2D eigenvalue weighted by atomic mass is 16.6. The van der Waals surface area contributed by atoms with Crippen molar-refractivity contribution in [2.75, 3.05) is 0 Å². The van der Waals surface area contributed by atoms with E-state index in [1.54, 1.807) is 6.08 Å². The lowest BCUT2D eigenvalue weighted by Gasteiger charge is -2.55. The molecule has 4 heteroatoms. The normalized spacial score (nSPS) is 44.2. The van der Waals surface area contributed by atoms with Crippen LogP contribution in [-0.4, -0.2) is 23.1 Å². The van der Waals surface area contributed by atoms with E-state index in [4.69, 9.17) is 4.74 Å². The standard InChI is InChI=1S/C15H20O4/c1-14(2)5-4-6-15(3)10-8(7-9(16)11(14)15)12(17)19-13(10)18/h7,9-11,16H,4-6H2,1-3H3/t9-,10-,11+,15-/m1/s1. The molecule has 0 aromatic rings. The fraction of sp³-hybridized carbons (Fsp3) is 0.733. The topological polar surface area (TPSA) is 63.6 Å². The Morgan fingerprint density at radius 2 is 1.95 bits per heavy atom. The van der Waals surface area contributed by atoms with E-state index in [0.717, 1.165) is 19.3 Å². The van der Waals surface area contributed by atoms with Gasteiger partial charge in [-0.3, -0.25) is 4.79 Å². The second kappa shape index (κ2) is 3.69. The molecule has 1 saturated heterocycles. The van der Waals surface area contributed by atoms with Crippen LogP contribution in [0.25, 0.3) is 0 Å². The van der Waals surface area contributed by atoms with E-state index in [-0.39, 0.29) is 16.7 Å². The van der Waals surface area contributed by atoms with Crippen molar-refractivity contribution in [3.63, 3.8) is 0 Å². The van der Waals surface area contributed by atoms with Gasteiger partial charge in [0.2, 0.25) is 0 Å². The minimum Gasteiger partial charge on any atom is -0.389 e. The number of hydrogen-bond donors (Lipinski definition) is 1. The van der Waals surface area contributed by atoms with Crippen LogP contribution in [0.5, 0.6) is 0 Å². The molecule has 19 heavy (non-hydrogen) atoms. The number of aliphatic hydroxyl groups excluding tert-OH is 1. The van der Waals surface area contributed by atoms with Crippen LogP contribution >= 0.6 is 0 Å². The van der Waals surface area contributed by atoms with E-state index in [0.29, 0.717) is 5.57 Å². The summed E-state index contributed by atoms with van der Waals surface area (Å²) in [7, 11) is 0. The second-order valence-corrected chi connectivity index (χ2v) is 7.08. The summed E-state index contributed by atoms with van der Waals surface area (Å²) in [4.78, 5) is 23.8. The number of cyclic esters (lactones) is 2. The van der Waals surface area contributed by atoms with Crippen LogP contribution in [0.4, 0.5) is 0 Å². The SMILES string of the molecule is CC1(C)CCC[C@]2(C)[C@H]3C(=O)OC(=O)C3=C[C@@H](O)[C@@H]12. The van der Waals surface area contributed by atoms with Crippen molar-refractivity contribution in [3.8, 4) is 0 Å². The van der Waals surface area contributed by atoms with Crippen LogP contribution in [-0.2, 0) is 14.3 Å². The van der Waals surface area contributed by atoms with Crippen LogP contribution in [0, 0.1) is 22.7 Å². The molecule has 0 unspecified atom stereocenters. The van der Waals surface area contributed by atoms with E-state index in [1.807, 2.05) is 6.92 Å². The van der Waals surface area contributed by atoms with Crippen LogP contribution < -0.4 is 0 Å². The van der Waals surface area contributed by atoms with Crippen molar-refractivity contribution >= 4 is 11.9 Å². The average molecular weight is 264 g/mol. The predicted molar refractivity (Wildman–Crippen MR) is 67.9 cm³/mol. The van der Waals surface area contributed by atoms with Crippen molar-refractivity contribution in [2.24, 2.45) is 22.7 Å². The summed E-state index contributed by atoms with van der Waals surface area (Å²) in [6.45, 7) is 6.30. The molecule has 4 atom stereocenters. The average Bonchev–Trinajstić information content (AvgIpc) is 2.52. The lowest BCUT2D eigenvalue weighted by molar-refractivity contribution is -0.158. The zero-order chi connectivity index (χ0) is 14.0. The zero-order valence-corrected chi connectivity index (χ0v) is 11.6. The maximum atomic E-state index is 12.0. The number of carbonyl (C=O) groups is 2. The summed E-state index contributed by atoms with van der Waals surface area (Å²) < 4.78 is 4.78. The number of ether oxygens (including phenoxy) is 1. The molecular formula is C15H20O4. The molecule has 3 aliphatic rings. The molecule has 2 fully saturated rings. The minimum atomic E-state index is -0.676. The molecule has 4 nitrogen and oxygen atoms in total. The van der Waals surface area contributed by atoms with E-state index in [2.05, 4.69) is 13.8 Å². The third kappa shape index (κ3) is 1.55. The van der Waals surface area contributed by atoms with Gasteiger partial charge in [-0.1, -0.05) is 27.2 Å². The highest BCUT2D eigenvalue weighted by Gasteiger charge is 2.62. The van der Waals surface area contributed by atoms with Gasteiger partial charge < -0.3 is 9.84 Å². The van der Waals surface area contributed by atoms with Gasteiger partial charge in [-0.15, -0.1) is 0 Å². The van der Waals surface area contributed by atoms with Crippen molar-refractivity contribution in [1.82, 2.24) is 0 Å². The number of carbonyl (C=O) groups excluding carboxylic acids is 2. The first-order valence-electron chi connectivity index (χ1n) is 6.93. The molecule has 1 heterocycles. The Morgan fingerprint density at radius 3 is 2.63 bits per heavy atom. The van der Waals surface area contributed by atoms with Gasteiger partial charge in [-0.2, -0.15) is 0 Å². The predicted octanol–water partition coefficient (Wildman–Crippen LogP) is 1.82. The highest BCUT2D eigenvalue weighted by molar-refractivity contribution is 6.08. The molecule has 0 spiro atoms. The van der Waals surface area contributed by atoms with E-state index >= 15 is 0 Å². The number of hydrogen-bond acceptors (Lipinski definition) is 4. The van der Waals surface area contributed by atoms with Gasteiger partial charge >= 0.3 is 11.9 Å². The van der Waals surface area contributed by atoms with Crippen molar-refractivity contribution in [1.29, 1.82) is 0 Å². The maximum absolute atomic E-state index is 12.0. The van der Waals surface area contributed by atoms with E-state index < -0.39 is 24.0 Å². The van der Waals surface area contributed by atoms with Crippen LogP contribution in [0.15, 0.2) is 11.6 Å². The minimum absolute atomic E-state index is 0.0130. The Bertz CT molecular complexity index is 490. The third-order valence-corrected chi connectivity index (χ3v) is 5.42. The van der Waals surface area contributed by atoms with Gasteiger partial charge in [0.25, 0.3) is 0 Å². The molecule has 0 radical (unpaired) electrons. The monoisotopic (exact) mass is 264 g/mol. The molecule has 0 bridgehead atoms. The van der Waals surface area contributed by atoms with E-state index in [9.17, 15) is 14.7 Å².